The molecule has 1 aromatic rings. The molecule has 0 radical (unpaired) electrons. The molecule has 0 bridgehead atoms. The van der Waals surface area contributed by atoms with Crippen molar-refractivity contribution in [2.45, 2.75) is 39.5 Å². The molecule has 0 aliphatic rings. The second kappa shape index (κ2) is 7.83. The molecule has 0 spiro atoms. The Morgan fingerprint density at radius 2 is 1.86 bits per heavy atom. The number of carbonyl (C=O) groups is 1. The number of rotatable bonds is 7. The molecule has 120 valence electrons. The highest BCUT2D eigenvalue weighted by Crippen LogP contribution is 2.39. The Balaban J connectivity index is 3.49. The van der Waals surface area contributed by atoms with Crippen molar-refractivity contribution in [2.24, 2.45) is 0 Å². The fourth-order valence-corrected chi connectivity index (χ4v) is 2.46. The summed E-state index contributed by atoms with van der Waals surface area (Å²) >= 11 is 0. The number of hydrogen-bond donors (Lipinski definition) is 0. The molecule has 1 atom stereocenters. The van der Waals surface area contributed by atoms with E-state index >= 15 is 0 Å². The summed E-state index contributed by atoms with van der Waals surface area (Å²) in [4.78, 5) is 11.1. The fraction of sp³-hybridized carbons (Fsp3) is 0.421. The summed E-state index contributed by atoms with van der Waals surface area (Å²) in [5.74, 6) is 1.57. The smallest absolute Gasteiger partial charge is 0.145 e. The summed E-state index contributed by atoms with van der Waals surface area (Å²) < 4.78 is 10.9. The topological polar surface area (TPSA) is 35.5 Å². The first-order chi connectivity index (χ1) is 10.4. The zero-order valence-corrected chi connectivity index (χ0v) is 14.4. The molecule has 22 heavy (non-hydrogen) atoms. The number of methoxy groups -OCH3 is 2. The van der Waals surface area contributed by atoms with Gasteiger partial charge in [-0.1, -0.05) is 24.6 Å². The van der Waals surface area contributed by atoms with Gasteiger partial charge in [0, 0.05) is 11.0 Å². The van der Waals surface area contributed by atoms with Crippen LogP contribution in [0.5, 0.6) is 11.5 Å². The maximum Gasteiger partial charge on any atom is 0.145 e. The Kier molecular flexibility index (Phi) is 6.41. The molecular weight excluding hydrogens is 276 g/mol. The molecule has 3 nitrogen and oxygen atoms in total. The van der Waals surface area contributed by atoms with Crippen LogP contribution in [-0.4, -0.2) is 20.5 Å². The van der Waals surface area contributed by atoms with E-state index in [4.69, 9.17) is 9.47 Å². The molecule has 0 aliphatic heterocycles. The molecule has 0 saturated heterocycles. The van der Waals surface area contributed by atoms with E-state index in [1.807, 2.05) is 31.2 Å². The van der Waals surface area contributed by atoms with Crippen molar-refractivity contribution in [1.82, 2.24) is 0 Å². The van der Waals surface area contributed by atoms with Gasteiger partial charge in [0.05, 0.1) is 14.2 Å². The largest absolute Gasteiger partial charge is 0.497 e. The van der Waals surface area contributed by atoms with Gasteiger partial charge < -0.3 is 9.47 Å². The van der Waals surface area contributed by atoms with Crippen molar-refractivity contribution in [2.75, 3.05) is 14.2 Å². The minimum absolute atomic E-state index is 0.345. The molecule has 0 aliphatic carbocycles. The van der Waals surface area contributed by atoms with E-state index in [-0.39, 0.29) is 5.41 Å². The average Bonchev–Trinajstić information content (AvgIpc) is 2.52. The highest BCUT2D eigenvalue weighted by molar-refractivity contribution is 5.73. The molecule has 3 heteroatoms. The molecular formula is C19H26O3. The number of allylic oxidation sites excluding steroid dienone is 4. The molecule has 1 aromatic carbocycles. The van der Waals surface area contributed by atoms with Crippen LogP contribution in [0.2, 0.25) is 0 Å². The van der Waals surface area contributed by atoms with Gasteiger partial charge in [-0.05, 0) is 51.0 Å². The van der Waals surface area contributed by atoms with E-state index in [1.54, 1.807) is 14.2 Å². The third-order valence-corrected chi connectivity index (χ3v) is 3.69. The first kappa shape index (κ1) is 18.0. The first-order valence-corrected chi connectivity index (χ1v) is 7.36. The predicted molar refractivity (Wildman–Crippen MR) is 90.8 cm³/mol. The highest BCUT2D eigenvalue weighted by Gasteiger charge is 2.27. The molecule has 0 fully saturated rings. The Morgan fingerprint density at radius 3 is 2.36 bits per heavy atom. The minimum atomic E-state index is -0.345. The number of ether oxygens (including phenoxy) is 2. The van der Waals surface area contributed by atoms with Gasteiger partial charge >= 0.3 is 0 Å². The van der Waals surface area contributed by atoms with Crippen LogP contribution in [0.4, 0.5) is 0 Å². The standard InChI is InChI=1S/C19H26O3/c1-14(2)9-10-19(4,12-15(3)13-20)17-11-16(21-5)7-8-18(17)22-6/h7-9,11-13H,10H2,1-6H3/b15-12+. The van der Waals surface area contributed by atoms with Crippen LogP contribution >= 0.6 is 0 Å². The van der Waals surface area contributed by atoms with E-state index in [0.29, 0.717) is 5.57 Å². The van der Waals surface area contributed by atoms with Crippen molar-refractivity contribution in [3.8, 4) is 11.5 Å². The van der Waals surface area contributed by atoms with Gasteiger partial charge in [-0.2, -0.15) is 0 Å². The lowest BCUT2D eigenvalue weighted by Gasteiger charge is -2.28. The van der Waals surface area contributed by atoms with E-state index in [0.717, 1.165) is 29.8 Å². The van der Waals surface area contributed by atoms with E-state index in [9.17, 15) is 4.79 Å². The second-order valence-corrected chi connectivity index (χ2v) is 5.98. The van der Waals surface area contributed by atoms with Gasteiger partial charge in [0.1, 0.15) is 17.8 Å². The predicted octanol–water partition coefficient (Wildman–Crippen LogP) is 4.46. The lowest BCUT2D eigenvalue weighted by Crippen LogP contribution is -2.20. The van der Waals surface area contributed by atoms with Gasteiger partial charge in [0.15, 0.2) is 0 Å². The maximum absolute atomic E-state index is 11.1. The molecule has 1 rings (SSSR count). The van der Waals surface area contributed by atoms with Crippen LogP contribution in [-0.2, 0) is 10.2 Å². The van der Waals surface area contributed by atoms with Crippen molar-refractivity contribution in [3.05, 3.63) is 47.1 Å². The summed E-state index contributed by atoms with van der Waals surface area (Å²) in [5, 5.41) is 0. The molecule has 1 unspecified atom stereocenters. The van der Waals surface area contributed by atoms with Crippen LogP contribution in [0.1, 0.15) is 39.7 Å². The van der Waals surface area contributed by atoms with Gasteiger partial charge in [-0.15, -0.1) is 0 Å². The van der Waals surface area contributed by atoms with Gasteiger partial charge in [-0.25, -0.2) is 0 Å². The molecule has 0 amide bonds. The van der Waals surface area contributed by atoms with Crippen molar-refractivity contribution < 1.29 is 14.3 Å². The normalized spacial score (nSPS) is 14.0. The number of carbonyl (C=O) groups excluding carboxylic acids is 1. The van der Waals surface area contributed by atoms with Crippen LogP contribution in [0, 0.1) is 0 Å². The minimum Gasteiger partial charge on any atom is -0.497 e. The second-order valence-electron chi connectivity index (χ2n) is 5.98. The monoisotopic (exact) mass is 302 g/mol. The highest BCUT2D eigenvalue weighted by atomic mass is 16.5. The Hall–Kier alpha value is -2.03. The van der Waals surface area contributed by atoms with Crippen molar-refractivity contribution >= 4 is 6.29 Å². The summed E-state index contributed by atoms with van der Waals surface area (Å²) in [6.45, 7) is 8.07. The van der Waals surface area contributed by atoms with E-state index < -0.39 is 0 Å². The summed E-state index contributed by atoms with van der Waals surface area (Å²) in [6, 6.07) is 5.76. The summed E-state index contributed by atoms with van der Waals surface area (Å²) in [6.07, 6.45) is 5.84. The number of aldehydes is 1. The van der Waals surface area contributed by atoms with Crippen LogP contribution in [0.3, 0.4) is 0 Å². The first-order valence-electron chi connectivity index (χ1n) is 7.36. The van der Waals surface area contributed by atoms with Crippen molar-refractivity contribution in [3.63, 3.8) is 0 Å². The Morgan fingerprint density at radius 1 is 1.18 bits per heavy atom. The lowest BCUT2D eigenvalue weighted by atomic mass is 9.77. The number of benzene rings is 1. The Labute approximate surface area is 133 Å². The maximum atomic E-state index is 11.1. The molecule has 0 N–H and O–H groups in total. The number of hydrogen-bond acceptors (Lipinski definition) is 3. The molecule has 0 heterocycles. The molecule has 0 aromatic heterocycles. The van der Waals surface area contributed by atoms with E-state index in [1.165, 1.54) is 5.57 Å². The van der Waals surface area contributed by atoms with Crippen LogP contribution < -0.4 is 9.47 Å². The van der Waals surface area contributed by atoms with Crippen LogP contribution in [0.15, 0.2) is 41.5 Å². The SMILES string of the molecule is COc1ccc(OC)c(C(C)(/C=C(\C)C=O)CC=C(C)C)c1. The fourth-order valence-electron chi connectivity index (χ4n) is 2.46. The summed E-state index contributed by atoms with van der Waals surface area (Å²) in [5.41, 5.74) is 2.61. The third-order valence-electron chi connectivity index (χ3n) is 3.69. The van der Waals surface area contributed by atoms with Gasteiger partial charge in [0.2, 0.25) is 0 Å². The molecule has 0 saturated carbocycles. The van der Waals surface area contributed by atoms with Gasteiger partial charge in [0.25, 0.3) is 0 Å². The summed E-state index contributed by atoms with van der Waals surface area (Å²) in [7, 11) is 3.30. The van der Waals surface area contributed by atoms with Gasteiger partial charge in [-0.3, -0.25) is 4.79 Å². The average molecular weight is 302 g/mol. The quantitative estimate of drug-likeness (QED) is 0.424. The lowest BCUT2D eigenvalue weighted by molar-refractivity contribution is -0.104. The zero-order valence-electron chi connectivity index (χ0n) is 14.4. The Bertz CT molecular complexity index is 580. The van der Waals surface area contributed by atoms with Crippen LogP contribution in [0.25, 0.3) is 0 Å². The zero-order chi connectivity index (χ0) is 16.8. The van der Waals surface area contributed by atoms with Crippen molar-refractivity contribution in [1.29, 1.82) is 0 Å². The van der Waals surface area contributed by atoms with E-state index in [2.05, 4.69) is 26.8 Å². The third kappa shape index (κ3) is 4.48.